The van der Waals surface area contributed by atoms with Crippen molar-refractivity contribution in [2.45, 2.75) is 12.5 Å². The fourth-order valence-electron chi connectivity index (χ4n) is 1.12. The van der Waals surface area contributed by atoms with E-state index in [-0.39, 0.29) is 0 Å². The number of aldehydes is 1. The average molecular weight is 162 g/mol. The van der Waals surface area contributed by atoms with Crippen molar-refractivity contribution in [3.8, 4) is 11.8 Å². The van der Waals surface area contributed by atoms with Gasteiger partial charge in [-0.3, -0.25) is 0 Å². The molecular weight excluding hydrogens is 152 g/mol. The number of aliphatic hydroxyl groups is 1. The van der Waals surface area contributed by atoms with Crippen LogP contribution >= 0.6 is 0 Å². The molecule has 0 aromatic rings. The van der Waals surface area contributed by atoms with Crippen LogP contribution in [0.5, 0.6) is 0 Å². The summed E-state index contributed by atoms with van der Waals surface area (Å²) in [6, 6.07) is 0. The second-order valence-electron chi connectivity index (χ2n) is 2.61. The number of carbonyl (C=O) groups excluding carboxylic acids is 1. The van der Waals surface area contributed by atoms with Crippen molar-refractivity contribution in [3.05, 3.63) is 24.3 Å². The van der Waals surface area contributed by atoms with Gasteiger partial charge in [-0.25, -0.2) is 0 Å². The van der Waals surface area contributed by atoms with Crippen molar-refractivity contribution in [1.82, 2.24) is 0 Å². The monoisotopic (exact) mass is 162 g/mol. The molecule has 2 nitrogen and oxygen atoms in total. The largest absolute Gasteiger partial charge is 0.373 e. The van der Waals surface area contributed by atoms with Crippen LogP contribution in [0.2, 0.25) is 0 Å². The molecule has 0 heterocycles. The summed E-state index contributed by atoms with van der Waals surface area (Å²) < 4.78 is 0. The van der Waals surface area contributed by atoms with Gasteiger partial charge in [-0.15, -0.1) is 5.92 Å². The number of carbonyl (C=O) groups is 1. The summed E-state index contributed by atoms with van der Waals surface area (Å²) in [6.07, 6.45) is 7.28. The van der Waals surface area contributed by atoms with Gasteiger partial charge in [0.25, 0.3) is 0 Å². The van der Waals surface area contributed by atoms with Gasteiger partial charge in [-0.05, 0) is 13.0 Å². The van der Waals surface area contributed by atoms with E-state index in [1.54, 1.807) is 25.2 Å². The SMILES string of the molecule is CC#C[C@@]1(O)C=CC=C[C@H]1C=O. The molecule has 0 unspecified atom stereocenters. The molecule has 0 bridgehead atoms. The number of rotatable bonds is 1. The van der Waals surface area contributed by atoms with E-state index in [0.717, 1.165) is 0 Å². The van der Waals surface area contributed by atoms with Crippen LogP contribution < -0.4 is 0 Å². The fourth-order valence-corrected chi connectivity index (χ4v) is 1.12. The van der Waals surface area contributed by atoms with E-state index in [0.29, 0.717) is 6.29 Å². The Balaban J connectivity index is 2.99. The van der Waals surface area contributed by atoms with E-state index in [1.165, 1.54) is 6.08 Å². The maximum Gasteiger partial charge on any atom is 0.157 e. The van der Waals surface area contributed by atoms with E-state index in [9.17, 15) is 9.90 Å². The molecule has 0 saturated carbocycles. The highest BCUT2D eigenvalue weighted by Gasteiger charge is 2.31. The summed E-state index contributed by atoms with van der Waals surface area (Å²) >= 11 is 0. The standard InChI is InChI=1S/C10H10O2/c1-2-6-10(12)7-4-3-5-9(10)8-11/h3-5,7-9,12H,1H3/t9-,10+/m0/s1. The number of hydrogen-bond donors (Lipinski definition) is 1. The summed E-state index contributed by atoms with van der Waals surface area (Å²) in [6.45, 7) is 1.63. The predicted octanol–water partition coefficient (Wildman–Crippen LogP) is 0.682. The summed E-state index contributed by atoms with van der Waals surface area (Å²) in [5, 5.41) is 9.79. The summed E-state index contributed by atoms with van der Waals surface area (Å²) in [7, 11) is 0. The van der Waals surface area contributed by atoms with Crippen molar-refractivity contribution >= 4 is 6.29 Å². The minimum absolute atomic E-state index is 0.546. The van der Waals surface area contributed by atoms with Crippen LogP contribution in [0.1, 0.15) is 6.92 Å². The molecule has 12 heavy (non-hydrogen) atoms. The van der Waals surface area contributed by atoms with Crippen LogP contribution in [-0.4, -0.2) is 17.0 Å². The van der Waals surface area contributed by atoms with Gasteiger partial charge in [0.15, 0.2) is 5.60 Å². The first-order valence-corrected chi connectivity index (χ1v) is 3.70. The molecule has 0 amide bonds. The van der Waals surface area contributed by atoms with Crippen molar-refractivity contribution in [2.24, 2.45) is 5.92 Å². The second-order valence-corrected chi connectivity index (χ2v) is 2.61. The maximum atomic E-state index is 10.5. The van der Waals surface area contributed by atoms with Crippen LogP contribution in [0.25, 0.3) is 0 Å². The molecule has 0 radical (unpaired) electrons. The molecule has 1 N–H and O–H groups in total. The zero-order valence-corrected chi connectivity index (χ0v) is 6.82. The Morgan fingerprint density at radius 1 is 1.58 bits per heavy atom. The van der Waals surface area contributed by atoms with Gasteiger partial charge in [-0.2, -0.15) is 0 Å². The molecule has 62 valence electrons. The Kier molecular flexibility index (Phi) is 2.47. The second kappa shape index (κ2) is 3.38. The third-order valence-electron chi connectivity index (χ3n) is 1.76. The van der Waals surface area contributed by atoms with E-state index >= 15 is 0 Å². The first-order chi connectivity index (χ1) is 5.73. The minimum Gasteiger partial charge on any atom is -0.373 e. The van der Waals surface area contributed by atoms with Gasteiger partial charge in [0.2, 0.25) is 0 Å². The van der Waals surface area contributed by atoms with E-state index in [4.69, 9.17) is 0 Å². The lowest BCUT2D eigenvalue weighted by Gasteiger charge is -2.24. The van der Waals surface area contributed by atoms with Gasteiger partial charge in [0, 0.05) is 0 Å². The van der Waals surface area contributed by atoms with Crippen LogP contribution in [-0.2, 0) is 4.79 Å². The Morgan fingerprint density at radius 3 is 2.92 bits per heavy atom. The molecule has 1 aliphatic carbocycles. The van der Waals surface area contributed by atoms with Crippen molar-refractivity contribution in [2.75, 3.05) is 0 Å². The Morgan fingerprint density at radius 2 is 2.33 bits per heavy atom. The lowest BCUT2D eigenvalue weighted by atomic mass is 9.85. The maximum absolute atomic E-state index is 10.5. The predicted molar refractivity (Wildman–Crippen MR) is 46.2 cm³/mol. The molecule has 0 aliphatic heterocycles. The molecular formula is C10H10O2. The van der Waals surface area contributed by atoms with Crippen LogP contribution in [0, 0.1) is 17.8 Å². The fraction of sp³-hybridized carbons (Fsp3) is 0.300. The van der Waals surface area contributed by atoms with E-state index < -0.39 is 11.5 Å². The van der Waals surface area contributed by atoms with Crippen LogP contribution in [0.4, 0.5) is 0 Å². The van der Waals surface area contributed by atoms with Gasteiger partial charge in [0.1, 0.15) is 6.29 Å². The average Bonchev–Trinajstić information content (AvgIpc) is 2.05. The zero-order chi connectivity index (χ0) is 9.03. The lowest BCUT2D eigenvalue weighted by molar-refractivity contribution is -0.113. The first kappa shape index (κ1) is 8.76. The highest BCUT2D eigenvalue weighted by atomic mass is 16.3. The highest BCUT2D eigenvalue weighted by molar-refractivity contribution is 5.63. The third-order valence-corrected chi connectivity index (χ3v) is 1.76. The zero-order valence-electron chi connectivity index (χ0n) is 6.82. The molecule has 0 fully saturated rings. The number of hydrogen-bond acceptors (Lipinski definition) is 2. The Bertz CT molecular complexity index is 291. The van der Waals surface area contributed by atoms with Crippen molar-refractivity contribution in [3.63, 3.8) is 0 Å². The molecule has 0 saturated heterocycles. The summed E-state index contributed by atoms with van der Waals surface area (Å²) in [5.74, 6) is 4.65. The lowest BCUT2D eigenvalue weighted by Crippen LogP contribution is -2.35. The van der Waals surface area contributed by atoms with Crippen LogP contribution in [0.15, 0.2) is 24.3 Å². The van der Waals surface area contributed by atoms with Crippen molar-refractivity contribution < 1.29 is 9.90 Å². The topological polar surface area (TPSA) is 37.3 Å². The smallest absolute Gasteiger partial charge is 0.157 e. The van der Waals surface area contributed by atoms with Gasteiger partial charge < -0.3 is 9.90 Å². The van der Waals surface area contributed by atoms with Crippen LogP contribution in [0.3, 0.4) is 0 Å². The summed E-state index contributed by atoms with van der Waals surface area (Å²) in [4.78, 5) is 10.5. The van der Waals surface area contributed by atoms with Gasteiger partial charge in [0.05, 0.1) is 5.92 Å². The van der Waals surface area contributed by atoms with E-state index in [1.807, 2.05) is 0 Å². The van der Waals surface area contributed by atoms with E-state index in [2.05, 4.69) is 11.8 Å². The normalized spacial score (nSPS) is 32.3. The molecule has 1 aliphatic rings. The highest BCUT2D eigenvalue weighted by Crippen LogP contribution is 2.21. The molecule has 0 spiro atoms. The molecule has 1 rings (SSSR count). The van der Waals surface area contributed by atoms with Crippen molar-refractivity contribution in [1.29, 1.82) is 0 Å². The Labute approximate surface area is 71.6 Å². The minimum atomic E-state index is -1.30. The molecule has 0 aromatic heterocycles. The van der Waals surface area contributed by atoms with Gasteiger partial charge >= 0.3 is 0 Å². The summed E-state index contributed by atoms with van der Waals surface area (Å²) in [5.41, 5.74) is -1.30. The Hall–Kier alpha value is -1.33. The molecule has 2 atom stereocenters. The molecule has 2 heteroatoms. The number of allylic oxidation sites excluding steroid dienone is 2. The third kappa shape index (κ3) is 1.46. The van der Waals surface area contributed by atoms with Gasteiger partial charge in [-0.1, -0.05) is 24.1 Å². The quantitative estimate of drug-likeness (QED) is 0.455. The molecule has 0 aromatic carbocycles. The first-order valence-electron chi connectivity index (χ1n) is 3.70.